The zero-order valence-corrected chi connectivity index (χ0v) is 20.8. The standard InChI is InChI=1S/C26H26N2O6S/c1-25(2)7-9-28-10-8-26(3,4)20-21(28)17(25)12-14-11-16(24(29)34-22(14)20)23-27-18-6-5-15(35(30,31)32)13-19(18)33-23/h5-6,11-13H,7-10H2,1-4H3,(H,30,31,32). The highest BCUT2D eigenvalue weighted by molar-refractivity contribution is 7.85. The molecule has 35 heavy (non-hydrogen) atoms. The Morgan fingerprint density at radius 2 is 1.71 bits per heavy atom. The third-order valence-electron chi connectivity index (χ3n) is 7.62. The fourth-order valence-corrected chi connectivity index (χ4v) is 5.98. The van der Waals surface area contributed by atoms with Gasteiger partial charge in [-0.1, -0.05) is 27.7 Å². The van der Waals surface area contributed by atoms with Gasteiger partial charge in [0.25, 0.3) is 10.1 Å². The molecular formula is C26H26N2O6S. The van der Waals surface area contributed by atoms with Crippen molar-refractivity contribution in [1.82, 2.24) is 4.98 Å². The van der Waals surface area contributed by atoms with E-state index in [4.69, 9.17) is 8.83 Å². The lowest BCUT2D eigenvalue weighted by Gasteiger charge is -2.48. The Morgan fingerprint density at radius 1 is 1.00 bits per heavy atom. The lowest BCUT2D eigenvalue weighted by Crippen LogP contribution is -2.44. The Labute approximate surface area is 202 Å². The van der Waals surface area contributed by atoms with Crippen molar-refractivity contribution in [2.75, 3.05) is 18.0 Å². The largest absolute Gasteiger partial charge is 0.436 e. The number of hydrogen-bond donors (Lipinski definition) is 1. The number of rotatable bonds is 2. The monoisotopic (exact) mass is 494 g/mol. The summed E-state index contributed by atoms with van der Waals surface area (Å²) in [6, 6.07) is 7.72. The van der Waals surface area contributed by atoms with Crippen LogP contribution in [0.5, 0.6) is 0 Å². The van der Waals surface area contributed by atoms with Gasteiger partial charge in [-0.05, 0) is 53.5 Å². The highest BCUT2D eigenvalue weighted by Crippen LogP contribution is 2.51. The van der Waals surface area contributed by atoms with Crippen LogP contribution in [0.3, 0.4) is 0 Å². The molecule has 0 spiro atoms. The van der Waals surface area contributed by atoms with Crippen molar-refractivity contribution in [3.05, 3.63) is 51.9 Å². The summed E-state index contributed by atoms with van der Waals surface area (Å²) in [5, 5.41) is 0.805. The minimum atomic E-state index is -4.40. The molecule has 4 aromatic rings. The molecule has 2 aromatic heterocycles. The molecule has 0 bridgehead atoms. The van der Waals surface area contributed by atoms with Crippen LogP contribution in [0.2, 0.25) is 0 Å². The van der Waals surface area contributed by atoms with Crippen LogP contribution < -0.4 is 10.5 Å². The molecule has 9 heteroatoms. The van der Waals surface area contributed by atoms with E-state index in [1.807, 2.05) is 0 Å². The zero-order chi connectivity index (χ0) is 24.9. The van der Waals surface area contributed by atoms with Crippen molar-refractivity contribution in [2.45, 2.75) is 56.3 Å². The summed E-state index contributed by atoms with van der Waals surface area (Å²) in [7, 11) is -4.40. The van der Waals surface area contributed by atoms with E-state index in [1.165, 1.54) is 29.4 Å². The van der Waals surface area contributed by atoms with Gasteiger partial charge in [0.15, 0.2) is 5.58 Å². The van der Waals surface area contributed by atoms with E-state index < -0.39 is 15.7 Å². The number of nitrogens with zero attached hydrogens (tertiary/aromatic N) is 2. The first kappa shape index (κ1) is 22.3. The predicted octanol–water partition coefficient (Wildman–Crippen LogP) is 5.02. The molecule has 2 aliphatic rings. The molecule has 0 radical (unpaired) electrons. The highest BCUT2D eigenvalue weighted by atomic mass is 32.2. The Morgan fingerprint density at radius 3 is 2.43 bits per heavy atom. The maximum Gasteiger partial charge on any atom is 0.349 e. The number of benzene rings is 2. The molecular weight excluding hydrogens is 468 g/mol. The first-order valence-electron chi connectivity index (χ1n) is 11.6. The second-order valence-corrected chi connectivity index (χ2v) is 12.3. The molecule has 182 valence electrons. The average molecular weight is 495 g/mol. The molecule has 2 aliphatic heterocycles. The van der Waals surface area contributed by atoms with Gasteiger partial charge in [0.05, 0.1) is 4.90 Å². The fraction of sp³-hybridized carbons (Fsp3) is 0.385. The normalized spacial score (nSPS) is 18.7. The van der Waals surface area contributed by atoms with Gasteiger partial charge < -0.3 is 13.7 Å². The van der Waals surface area contributed by atoms with Crippen molar-refractivity contribution < 1.29 is 21.8 Å². The Hall–Kier alpha value is -3.17. The minimum absolute atomic E-state index is 0.0255. The van der Waals surface area contributed by atoms with E-state index in [1.54, 1.807) is 6.07 Å². The van der Waals surface area contributed by atoms with Crippen LogP contribution in [0.15, 0.2) is 48.9 Å². The van der Waals surface area contributed by atoms with E-state index >= 15 is 0 Å². The number of anilines is 1. The van der Waals surface area contributed by atoms with E-state index in [0.717, 1.165) is 36.9 Å². The van der Waals surface area contributed by atoms with E-state index in [-0.39, 0.29) is 32.8 Å². The summed E-state index contributed by atoms with van der Waals surface area (Å²) >= 11 is 0. The van der Waals surface area contributed by atoms with Crippen molar-refractivity contribution in [3.63, 3.8) is 0 Å². The van der Waals surface area contributed by atoms with Gasteiger partial charge in [-0.15, -0.1) is 0 Å². The molecule has 1 N–H and O–H groups in total. The number of fused-ring (bicyclic) bond motifs is 3. The summed E-state index contributed by atoms with van der Waals surface area (Å²) in [6.07, 6.45) is 2.00. The van der Waals surface area contributed by atoms with Crippen LogP contribution in [0.25, 0.3) is 33.5 Å². The first-order chi connectivity index (χ1) is 16.3. The second kappa shape index (κ2) is 6.95. The van der Waals surface area contributed by atoms with Gasteiger partial charge in [0, 0.05) is 35.8 Å². The smallest absolute Gasteiger partial charge is 0.349 e. The molecule has 0 unspecified atom stereocenters. The van der Waals surface area contributed by atoms with Gasteiger partial charge in [-0.25, -0.2) is 9.78 Å². The Balaban J connectivity index is 1.61. The molecule has 0 fully saturated rings. The minimum Gasteiger partial charge on any atom is -0.436 e. The molecule has 2 aromatic carbocycles. The lowest BCUT2D eigenvalue weighted by molar-refractivity contribution is 0.398. The maximum absolute atomic E-state index is 13.2. The number of hydrogen-bond acceptors (Lipinski definition) is 7. The van der Waals surface area contributed by atoms with Crippen LogP contribution in [-0.2, 0) is 20.9 Å². The van der Waals surface area contributed by atoms with Gasteiger partial charge in [-0.3, -0.25) is 4.55 Å². The zero-order valence-electron chi connectivity index (χ0n) is 20.0. The number of oxazole rings is 1. The third-order valence-corrected chi connectivity index (χ3v) is 8.47. The SMILES string of the molecule is CC1(C)CCN2CCC(C)(C)c3c2c1cc1cc(-c2nc4ccc(S(=O)(=O)O)cc4o2)c(=O)oc31. The highest BCUT2D eigenvalue weighted by Gasteiger charge is 2.42. The van der Waals surface area contributed by atoms with Crippen LogP contribution in [0, 0.1) is 0 Å². The van der Waals surface area contributed by atoms with E-state index in [2.05, 4.69) is 43.6 Å². The molecule has 0 aliphatic carbocycles. The van der Waals surface area contributed by atoms with Crippen molar-refractivity contribution in [2.24, 2.45) is 0 Å². The molecule has 0 saturated carbocycles. The molecule has 0 atom stereocenters. The van der Waals surface area contributed by atoms with Crippen LogP contribution in [0.4, 0.5) is 5.69 Å². The van der Waals surface area contributed by atoms with E-state index in [0.29, 0.717) is 11.1 Å². The van der Waals surface area contributed by atoms with Crippen molar-refractivity contribution >= 4 is 37.9 Å². The van der Waals surface area contributed by atoms with E-state index in [9.17, 15) is 17.8 Å². The van der Waals surface area contributed by atoms with Gasteiger partial charge in [0.1, 0.15) is 16.7 Å². The summed E-state index contributed by atoms with van der Waals surface area (Å²) in [4.78, 5) is 19.7. The Kier molecular flexibility index (Phi) is 4.43. The summed E-state index contributed by atoms with van der Waals surface area (Å²) in [6.45, 7) is 10.9. The van der Waals surface area contributed by atoms with Gasteiger partial charge in [0.2, 0.25) is 5.89 Å². The topological polar surface area (TPSA) is 114 Å². The Bertz CT molecular complexity index is 1710. The average Bonchev–Trinajstić information content (AvgIpc) is 3.19. The molecule has 0 saturated heterocycles. The van der Waals surface area contributed by atoms with Crippen molar-refractivity contribution in [1.29, 1.82) is 0 Å². The van der Waals surface area contributed by atoms with Crippen LogP contribution in [-0.4, -0.2) is 31.0 Å². The van der Waals surface area contributed by atoms with Crippen molar-refractivity contribution in [3.8, 4) is 11.5 Å². The molecule has 4 heterocycles. The second-order valence-electron chi connectivity index (χ2n) is 10.9. The maximum atomic E-state index is 13.2. The molecule has 8 nitrogen and oxygen atoms in total. The van der Waals surface area contributed by atoms with Crippen LogP contribution >= 0.6 is 0 Å². The van der Waals surface area contributed by atoms with Gasteiger partial charge >= 0.3 is 5.63 Å². The summed E-state index contributed by atoms with van der Waals surface area (Å²) < 4.78 is 44.0. The third kappa shape index (κ3) is 3.32. The quantitative estimate of drug-likeness (QED) is 0.305. The van der Waals surface area contributed by atoms with Gasteiger partial charge in [-0.2, -0.15) is 8.42 Å². The lowest BCUT2D eigenvalue weighted by atomic mass is 9.69. The molecule has 0 amide bonds. The number of aromatic nitrogens is 1. The molecule has 6 rings (SSSR count). The predicted molar refractivity (Wildman–Crippen MR) is 133 cm³/mol. The van der Waals surface area contributed by atoms with Crippen LogP contribution in [0.1, 0.15) is 51.7 Å². The fourth-order valence-electron chi connectivity index (χ4n) is 5.48. The summed E-state index contributed by atoms with van der Waals surface area (Å²) in [5.41, 5.74) is 4.02. The summed E-state index contributed by atoms with van der Waals surface area (Å²) in [5.74, 6) is 0.0367. The first-order valence-corrected chi connectivity index (χ1v) is 13.1.